The number of hydrogen-bond acceptors (Lipinski definition) is 7. The fourth-order valence-corrected chi connectivity index (χ4v) is 2.24. The maximum Gasteiger partial charge on any atom is 0.335 e. The molecule has 0 N–H and O–H groups in total. The van der Waals surface area contributed by atoms with E-state index in [4.69, 9.17) is 25.8 Å². The van der Waals surface area contributed by atoms with Gasteiger partial charge in [-0.25, -0.2) is 4.79 Å². The van der Waals surface area contributed by atoms with Crippen LogP contribution in [0.4, 0.5) is 0 Å². The minimum absolute atomic E-state index is 0.0157. The van der Waals surface area contributed by atoms with E-state index in [1.165, 1.54) is 0 Å². The number of aromatic nitrogens is 2. The molecular weight excluding hydrogens is 292 g/mol. The molecular formula is C11H15ClN2O4S. The predicted octanol–water partition coefficient (Wildman–Crippen LogP) is 1.82. The van der Waals surface area contributed by atoms with Crippen LogP contribution >= 0.6 is 23.1 Å². The molecule has 19 heavy (non-hydrogen) atoms. The maximum absolute atomic E-state index is 11.7. The second-order valence-electron chi connectivity index (χ2n) is 4.21. The van der Waals surface area contributed by atoms with Crippen molar-refractivity contribution < 1.29 is 19.0 Å². The second-order valence-corrected chi connectivity index (χ2v) is 5.57. The molecule has 0 saturated carbocycles. The van der Waals surface area contributed by atoms with Crippen LogP contribution in [0.25, 0.3) is 0 Å². The molecule has 2 heterocycles. The highest BCUT2D eigenvalue weighted by Crippen LogP contribution is 2.18. The molecule has 0 amide bonds. The molecule has 1 aliphatic rings. The van der Waals surface area contributed by atoms with Crippen molar-refractivity contribution in [3.05, 3.63) is 10.0 Å². The zero-order valence-electron chi connectivity index (χ0n) is 10.5. The van der Waals surface area contributed by atoms with E-state index in [1.54, 1.807) is 6.92 Å². The van der Waals surface area contributed by atoms with Crippen molar-refractivity contribution in [2.45, 2.75) is 38.6 Å². The molecule has 1 saturated heterocycles. The normalized spacial score (nSPS) is 20.4. The van der Waals surface area contributed by atoms with Gasteiger partial charge in [0.1, 0.15) is 16.6 Å². The van der Waals surface area contributed by atoms with Crippen molar-refractivity contribution in [1.29, 1.82) is 0 Å². The van der Waals surface area contributed by atoms with E-state index in [2.05, 4.69) is 9.59 Å². The Morgan fingerprint density at radius 1 is 1.68 bits per heavy atom. The third kappa shape index (κ3) is 4.38. The number of rotatable bonds is 6. The molecule has 1 fully saturated rings. The van der Waals surface area contributed by atoms with Gasteiger partial charge in [0.2, 0.25) is 0 Å². The number of nitrogens with zero attached hydrogens (tertiary/aromatic N) is 2. The summed E-state index contributed by atoms with van der Waals surface area (Å²) in [7, 11) is 0. The van der Waals surface area contributed by atoms with E-state index >= 15 is 0 Å². The third-order valence-corrected chi connectivity index (χ3v) is 3.73. The SMILES string of the molecule is CC(OCC1CCCO1)C(=O)OCc1nnsc1Cl. The van der Waals surface area contributed by atoms with Gasteiger partial charge in [0, 0.05) is 18.1 Å². The summed E-state index contributed by atoms with van der Waals surface area (Å²) in [6, 6.07) is 0. The second kappa shape index (κ2) is 7.14. The lowest BCUT2D eigenvalue weighted by Crippen LogP contribution is -2.27. The Balaban J connectivity index is 1.68. The maximum atomic E-state index is 11.7. The Hall–Kier alpha value is -0.760. The van der Waals surface area contributed by atoms with Gasteiger partial charge < -0.3 is 14.2 Å². The zero-order valence-corrected chi connectivity index (χ0v) is 12.1. The molecule has 1 aromatic heterocycles. The molecule has 0 radical (unpaired) electrons. The van der Waals surface area contributed by atoms with Crippen LogP contribution in [0.15, 0.2) is 0 Å². The number of hydrogen-bond donors (Lipinski definition) is 0. The van der Waals surface area contributed by atoms with Crippen molar-refractivity contribution in [3.8, 4) is 0 Å². The molecule has 106 valence electrons. The minimum atomic E-state index is -0.630. The Kier molecular flexibility index (Phi) is 5.50. The first kappa shape index (κ1) is 14.6. The van der Waals surface area contributed by atoms with Crippen LogP contribution in [0.1, 0.15) is 25.5 Å². The average molecular weight is 307 g/mol. The lowest BCUT2D eigenvalue weighted by Gasteiger charge is -2.15. The quantitative estimate of drug-likeness (QED) is 0.747. The molecule has 0 aliphatic carbocycles. The number of ether oxygens (including phenoxy) is 3. The van der Waals surface area contributed by atoms with Crippen LogP contribution in [-0.4, -0.2) is 41.0 Å². The van der Waals surface area contributed by atoms with Crippen molar-refractivity contribution in [3.63, 3.8) is 0 Å². The predicted molar refractivity (Wildman–Crippen MR) is 69.1 cm³/mol. The standard InChI is InChI=1S/C11H15ClN2O4S/c1-7(17-5-8-3-2-4-16-8)11(15)18-6-9-10(12)19-14-13-9/h7-8H,2-6H2,1H3. The molecule has 1 aliphatic heterocycles. The van der Waals surface area contributed by atoms with Crippen LogP contribution in [0.3, 0.4) is 0 Å². The topological polar surface area (TPSA) is 70.5 Å². The summed E-state index contributed by atoms with van der Waals surface area (Å²) in [5, 5.41) is 3.75. The van der Waals surface area contributed by atoms with Gasteiger partial charge in [0.05, 0.1) is 12.7 Å². The Morgan fingerprint density at radius 2 is 2.53 bits per heavy atom. The van der Waals surface area contributed by atoms with E-state index < -0.39 is 12.1 Å². The largest absolute Gasteiger partial charge is 0.457 e. The van der Waals surface area contributed by atoms with Crippen LogP contribution in [-0.2, 0) is 25.6 Å². The summed E-state index contributed by atoms with van der Waals surface area (Å²) >= 11 is 6.86. The van der Waals surface area contributed by atoms with Crippen molar-refractivity contribution >= 4 is 29.1 Å². The Bertz CT molecular complexity index is 423. The smallest absolute Gasteiger partial charge is 0.335 e. The molecule has 8 heteroatoms. The van der Waals surface area contributed by atoms with Crippen LogP contribution in [0.2, 0.25) is 4.34 Å². The molecule has 0 spiro atoms. The van der Waals surface area contributed by atoms with Gasteiger partial charge in [0.25, 0.3) is 0 Å². The van der Waals surface area contributed by atoms with Crippen molar-refractivity contribution in [1.82, 2.24) is 9.59 Å². The lowest BCUT2D eigenvalue weighted by molar-refractivity contribution is -0.159. The first-order valence-electron chi connectivity index (χ1n) is 6.03. The van der Waals surface area contributed by atoms with Crippen LogP contribution in [0.5, 0.6) is 0 Å². The summed E-state index contributed by atoms with van der Waals surface area (Å²) in [5.74, 6) is -0.443. The number of halogens is 1. The average Bonchev–Trinajstić information content (AvgIpc) is 3.04. The Labute approximate surface area is 120 Å². The Morgan fingerprint density at radius 3 is 3.16 bits per heavy atom. The van der Waals surface area contributed by atoms with Gasteiger partial charge in [-0.15, -0.1) is 5.10 Å². The first-order valence-corrected chi connectivity index (χ1v) is 7.18. The summed E-state index contributed by atoms with van der Waals surface area (Å²) < 4.78 is 20.0. The first-order chi connectivity index (χ1) is 9.16. The van der Waals surface area contributed by atoms with E-state index in [-0.39, 0.29) is 12.7 Å². The molecule has 1 aromatic rings. The van der Waals surface area contributed by atoms with Crippen LogP contribution in [0, 0.1) is 0 Å². The number of carbonyl (C=O) groups excluding carboxylic acids is 1. The highest BCUT2D eigenvalue weighted by Gasteiger charge is 2.21. The van der Waals surface area contributed by atoms with E-state index in [0.717, 1.165) is 31.0 Å². The highest BCUT2D eigenvalue weighted by atomic mass is 35.5. The van der Waals surface area contributed by atoms with Crippen molar-refractivity contribution in [2.75, 3.05) is 13.2 Å². The molecule has 2 atom stereocenters. The molecule has 2 rings (SSSR count). The monoisotopic (exact) mass is 306 g/mol. The minimum Gasteiger partial charge on any atom is -0.457 e. The van der Waals surface area contributed by atoms with Gasteiger partial charge in [-0.2, -0.15) is 0 Å². The summed E-state index contributed by atoms with van der Waals surface area (Å²) in [5.41, 5.74) is 0.464. The van der Waals surface area contributed by atoms with Gasteiger partial charge >= 0.3 is 5.97 Å². The van der Waals surface area contributed by atoms with Crippen LogP contribution < -0.4 is 0 Å². The fourth-order valence-electron chi connectivity index (χ4n) is 1.64. The molecule has 0 aromatic carbocycles. The lowest BCUT2D eigenvalue weighted by atomic mass is 10.2. The summed E-state index contributed by atoms with van der Waals surface area (Å²) in [6.07, 6.45) is 1.48. The van der Waals surface area contributed by atoms with E-state index in [0.29, 0.717) is 16.6 Å². The fraction of sp³-hybridized carbons (Fsp3) is 0.727. The van der Waals surface area contributed by atoms with E-state index in [1.807, 2.05) is 0 Å². The molecule has 2 unspecified atom stereocenters. The summed E-state index contributed by atoms with van der Waals surface area (Å²) in [6.45, 7) is 2.84. The van der Waals surface area contributed by atoms with Gasteiger partial charge in [-0.3, -0.25) is 0 Å². The zero-order chi connectivity index (χ0) is 13.7. The molecule has 6 nitrogen and oxygen atoms in total. The molecule has 0 bridgehead atoms. The number of esters is 1. The highest BCUT2D eigenvalue weighted by molar-refractivity contribution is 7.10. The van der Waals surface area contributed by atoms with Gasteiger partial charge in [0.15, 0.2) is 6.10 Å². The third-order valence-electron chi connectivity index (χ3n) is 2.75. The van der Waals surface area contributed by atoms with E-state index in [9.17, 15) is 4.79 Å². The van der Waals surface area contributed by atoms with Gasteiger partial charge in [-0.1, -0.05) is 16.1 Å². The van der Waals surface area contributed by atoms with Gasteiger partial charge in [-0.05, 0) is 19.8 Å². The number of carbonyl (C=O) groups is 1. The van der Waals surface area contributed by atoms with Crippen molar-refractivity contribution in [2.24, 2.45) is 0 Å². The summed E-state index contributed by atoms with van der Waals surface area (Å²) in [4.78, 5) is 11.7.